The quantitative estimate of drug-likeness (QED) is 0.0239. The number of nitrogens with zero attached hydrogens (tertiary/aromatic N) is 6. The van der Waals surface area contributed by atoms with E-state index >= 15 is 9.59 Å². The third-order valence-electron chi connectivity index (χ3n) is 18.9. The summed E-state index contributed by atoms with van der Waals surface area (Å²) in [4.78, 5) is 102. The second kappa shape index (κ2) is 30.5. The molecule has 0 saturated heterocycles. The van der Waals surface area contributed by atoms with Crippen molar-refractivity contribution in [1.82, 2.24) is 9.13 Å². The molecule has 13 rings (SSSR count). The van der Waals surface area contributed by atoms with E-state index in [1.165, 1.54) is 0 Å². The fraction of sp³-hybridized carbons (Fsp3) is 0.247. The van der Waals surface area contributed by atoms with Crippen LogP contribution < -0.4 is 9.47 Å². The van der Waals surface area contributed by atoms with Gasteiger partial charge in [0.1, 0.15) is 24.6 Å². The molecule has 0 unspecified atom stereocenters. The molecule has 0 spiro atoms. The Morgan fingerprint density at radius 1 is 0.447 bits per heavy atom. The Kier molecular flexibility index (Phi) is 20.6. The van der Waals surface area contributed by atoms with Crippen molar-refractivity contribution < 1.29 is 57.6 Å². The number of fused-ring (bicyclic) bond motifs is 8. The smallest absolute Gasteiger partial charge is 0.334 e. The van der Waals surface area contributed by atoms with Crippen LogP contribution in [0.2, 0.25) is 0 Å². The van der Waals surface area contributed by atoms with Crippen LogP contribution in [0, 0.1) is 11.8 Å². The zero-order valence-electron chi connectivity index (χ0n) is 58.7. The van der Waals surface area contributed by atoms with Gasteiger partial charge >= 0.3 is 23.9 Å². The number of hydrogen-bond acceptors (Lipinski definition) is 16. The van der Waals surface area contributed by atoms with Crippen LogP contribution in [0.15, 0.2) is 209 Å². The number of hydrogen-bond donors (Lipinski definition) is 0. The van der Waals surface area contributed by atoms with Crippen molar-refractivity contribution >= 4 is 113 Å². The lowest BCUT2D eigenvalue weighted by Gasteiger charge is -2.19. The van der Waals surface area contributed by atoms with E-state index < -0.39 is 23.9 Å². The van der Waals surface area contributed by atoms with Gasteiger partial charge in [0.15, 0.2) is 23.1 Å². The minimum atomic E-state index is -0.492. The molecule has 11 aromatic rings. The van der Waals surface area contributed by atoms with Crippen LogP contribution in [-0.4, -0.2) is 80.6 Å². The fourth-order valence-corrected chi connectivity index (χ4v) is 13.6. The lowest BCUT2D eigenvalue weighted by molar-refractivity contribution is -0.144. The lowest BCUT2D eigenvalue weighted by atomic mass is 9.91. The van der Waals surface area contributed by atoms with Crippen LogP contribution in [-0.2, 0) is 38.5 Å². The van der Waals surface area contributed by atoms with Crippen molar-refractivity contribution in [3.8, 4) is 22.9 Å². The number of benzene rings is 9. The zero-order valence-corrected chi connectivity index (χ0v) is 58.7. The van der Waals surface area contributed by atoms with Crippen LogP contribution in [0.1, 0.15) is 172 Å². The second-order valence-corrected chi connectivity index (χ2v) is 26.4. The highest BCUT2D eigenvalue weighted by Gasteiger charge is 2.26. The monoisotopic (exact) mass is 1370 g/mol. The Bertz CT molecular complexity index is 5350. The Labute approximate surface area is 595 Å². The Hall–Kier alpha value is -11.9. The number of oxime groups is 4. The maximum absolute atomic E-state index is 15.5. The van der Waals surface area contributed by atoms with Gasteiger partial charge in [-0.1, -0.05) is 167 Å². The van der Waals surface area contributed by atoms with E-state index in [2.05, 4.69) is 50.2 Å². The number of aromatic nitrogens is 2. The number of ketones is 2. The van der Waals surface area contributed by atoms with Gasteiger partial charge in [0.25, 0.3) is 0 Å². The summed E-state index contributed by atoms with van der Waals surface area (Å²) in [5.74, 6) is -0.607. The van der Waals surface area contributed by atoms with Gasteiger partial charge in [-0.2, -0.15) is 0 Å². The van der Waals surface area contributed by atoms with Crippen molar-refractivity contribution in [3.05, 3.63) is 238 Å². The molecule has 0 radical (unpaired) electrons. The summed E-state index contributed by atoms with van der Waals surface area (Å²) in [5, 5.41) is 21.7. The number of ether oxygens (including phenoxy) is 2. The van der Waals surface area contributed by atoms with E-state index in [-0.39, 0.29) is 43.2 Å². The van der Waals surface area contributed by atoms with Crippen molar-refractivity contribution in [2.24, 2.45) is 32.5 Å². The summed E-state index contributed by atoms with van der Waals surface area (Å²) in [5.41, 5.74) is 12.7. The maximum Gasteiger partial charge on any atom is 0.334 e. The molecule has 1 aliphatic carbocycles. The van der Waals surface area contributed by atoms with E-state index in [0.29, 0.717) is 116 Å². The van der Waals surface area contributed by atoms with Crippen LogP contribution in [0.4, 0.5) is 0 Å². The minimum Gasteiger partial charge on any atom is -0.486 e. The molecule has 1 fully saturated rings. The molecule has 0 amide bonds. The minimum absolute atomic E-state index is 0.132. The molecule has 2 aromatic heterocycles. The highest BCUT2D eigenvalue weighted by atomic mass is 16.7. The van der Waals surface area contributed by atoms with Crippen molar-refractivity contribution in [1.29, 1.82) is 0 Å². The SMILES string of the molecule is C=C(C)C(=NOC(=O)CC)c1ccc2c(c1)c1cc(C(=O)c3cccc4c(C(=O)c5ccc6c(c5)c5cc(C(CC(C)C)=NOC(=O)CC)ccc5n6-c5ccc(C(=NOC(=O)CC)c6ccc7c(c6)OCCO7)cc5)cccc34)ccc1n2-c1ccc(C(CC2CCCC2)=NOC(=O)CC)cc1. The molecule has 3 heterocycles. The zero-order chi connectivity index (χ0) is 72.0. The molecule has 1 saturated carbocycles. The summed E-state index contributed by atoms with van der Waals surface area (Å²) in [6, 6.07) is 55.3. The van der Waals surface area contributed by atoms with Gasteiger partial charge in [0.05, 0.1) is 33.5 Å². The van der Waals surface area contributed by atoms with Crippen molar-refractivity contribution in [2.45, 2.75) is 113 Å². The van der Waals surface area contributed by atoms with E-state index in [1.54, 1.807) is 58.9 Å². The third kappa shape index (κ3) is 14.6. The number of rotatable bonds is 24. The van der Waals surface area contributed by atoms with E-state index in [4.69, 9.17) is 28.8 Å². The number of carbonyl (C=O) groups is 6. The molecular formula is C85H78N6O12. The van der Waals surface area contributed by atoms with Gasteiger partial charge in [-0.3, -0.25) is 9.59 Å². The normalized spacial score (nSPS) is 13.7. The van der Waals surface area contributed by atoms with E-state index in [1.807, 2.05) is 152 Å². The first kappa shape index (κ1) is 69.6. The second-order valence-electron chi connectivity index (χ2n) is 26.4. The lowest BCUT2D eigenvalue weighted by Crippen LogP contribution is -2.16. The maximum atomic E-state index is 15.5. The van der Waals surface area contributed by atoms with Crippen molar-refractivity contribution in [2.75, 3.05) is 13.2 Å². The predicted molar refractivity (Wildman–Crippen MR) is 401 cm³/mol. The molecule has 0 N–H and O–H groups in total. The first-order valence-corrected chi connectivity index (χ1v) is 35.2. The molecule has 520 valence electrons. The molecule has 0 atom stereocenters. The summed E-state index contributed by atoms with van der Waals surface area (Å²) in [6.45, 7) is 17.8. The predicted octanol–water partition coefficient (Wildman–Crippen LogP) is 18.1. The average Bonchev–Trinajstić information content (AvgIpc) is 1.60. The molecule has 9 aromatic carbocycles. The van der Waals surface area contributed by atoms with E-state index in [0.717, 1.165) is 97.5 Å². The Balaban J connectivity index is 0.887. The Morgan fingerprint density at radius 2 is 0.864 bits per heavy atom. The van der Waals surface area contributed by atoms with Gasteiger partial charge in [-0.05, 0) is 157 Å². The van der Waals surface area contributed by atoms with Gasteiger partial charge in [0.2, 0.25) is 0 Å². The molecule has 1 aliphatic heterocycles. The standard InChI is InChI=1S/C85H78N6O12/c1-9-78(92)100-86-70(43-50(5)6)55-27-36-72-66(45-55)68-47-58(29-38-74(68)91(72)61-34-25-54(26-35-61)83(89-103-81(95)12-4)57-31-40-76-77(49-57)99-42-41-98-76)84(96)64-21-15-20-63-62(64)19-16-22-65(63)85(97)59-30-39-75-69(48-59)67-46-56(82(51(7)8)88-102-80(94)11-3)28-37-73(67)90(75)60-32-23-53(24-33-60)71(87-101-79(93)10-2)44-52-17-13-14-18-52/h15-16,19-40,45-50,52H,7,9-14,17-18,41-44H2,1-6,8H3. The summed E-state index contributed by atoms with van der Waals surface area (Å²) in [6.07, 6.45) is 6.34. The van der Waals surface area contributed by atoms with Crippen molar-refractivity contribution in [3.63, 3.8) is 0 Å². The first-order valence-electron chi connectivity index (χ1n) is 35.2. The van der Waals surface area contributed by atoms with Crippen LogP contribution in [0.25, 0.3) is 65.8 Å². The van der Waals surface area contributed by atoms with Gasteiger partial charge in [-0.25, -0.2) is 19.2 Å². The highest BCUT2D eigenvalue weighted by Crippen LogP contribution is 2.40. The number of allylic oxidation sites excluding steroid dienone is 1. The molecule has 18 heteroatoms. The Morgan fingerprint density at radius 3 is 1.36 bits per heavy atom. The third-order valence-corrected chi connectivity index (χ3v) is 18.9. The van der Waals surface area contributed by atoms with Gasteiger partial charge in [-0.15, -0.1) is 0 Å². The largest absolute Gasteiger partial charge is 0.486 e. The molecule has 2 aliphatic rings. The number of carbonyl (C=O) groups excluding carboxylic acids is 6. The van der Waals surface area contributed by atoms with Crippen LogP contribution in [0.5, 0.6) is 11.5 Å². The average molecular weight is 1380 g/mol. The molecule has 0 bridgehead atoms. The molecule has 18 nitrogen and oxygen atoms in total. The summed E-state index contributed by atoms with van der Waals surface area (Å²) < 4.78 is 16.0. The molecular weight excluding hydrogens is 1300 g/mol. The van der Waals surface area contributed by atoms with Gasteiger partial charge < -0.3 is 38.0 Å². The van der Waals surface area contributed by atoms with Gasteiger partial charge in [0, 0.05) is 103 Å². The first-order chi connectivity index (χ1) is 50.0. The van der Waals surface area contributed by atoms with E-state index in [9.17, 15) is 19.2 Å². The fourth-order valence-electron chi connectivity index (χ4n) is 13.6. The van der Waals surface area contributed by atoms with Crippen LogP contribution in [0.3, 0.4) is 0 Å². The molecule has 103 heavy (non-hydrogen) atoms. The highest BCUT2D eigenvalue weighted by molar-refractivity contribution is 6.25. The summed E-state index contributed by atoms with van der Waals surface area (Å²) >= 11 is 0. The topological polar surface area (TPSA) is 217 Å². The summed E-state index contributed by atoms with van der Waals surface area (Å²) in [7, 11) is 0. The van der Waals surface area contributed by atoms with Crippen LogP contribution >= 0.6 is 0 Å².